The molecule has 0 radical (unpaired) electrons. The molecule has 0 atom stereocenters. The lowest BCUT2D eigenvalue weighted by Gasteiger charge is -2.46. The Kier molecular flexibility index (Phi) is 2.99. The zero-order valence-corrected chi connectivity index (χ0v) is 8.97. The Morgan fingerprint density at radius 3 is 2.38 bits per heavy atom. The minimum Gasteiger partial charge on any atom is -0.387 e. The van der Waals surface area contributed by atoms with Crippen LogP contribution in [0.25, 0.3) is 0 Å². The number of hydrogen-bond acceptors (Lipinski definition) is 4. The van der Waals surface area contributed by atoms with E-state index in [1.807, 2.05) is 11.8 Å². The zero-order chi connectivity index (χ0) is 10.1. The van der Waals surface area contributed by atoms with Gasteiger partial charge in [0.15, 0.2) is 0 Å². The number of sulfone groups is 1. The van der Waals surface area contributed by atoms with Gasteiger partial charge in [0.05, 0.1) is 11.4 Å². The van der Waals surface area contributed by atoms with E-state index in [1.54, 1.807) is 0 Å². The second-order valence-electron chi connectivity index (χ2n) is 3.92. The lowest BCUT2D eigenvalue weighted by Crippen LogP contribution is -2.61. The molecule has 1 fully saturated rings. The number of β-amino-alcohol motifs (C(OH)–C–C–N with tert-alkyl or cyclic N) is 1. The van der Waals surface area contributed by atoms with Crippen molar-refractivity contribution >= 4 is 9.84 Å². The summed E-state index contributed by atoms with van der Waals surface area (Å²) in [7, 11) is -2.86. The monoisotopic (exact) mass is 207 g/mol. The summed E-state index contributed by atoms with van der Waals surface area (Å²) in [6.07, 6.45) is 1.97. The number of rotatable bonds is 4. The van der Waals surface area contributed by atoms with Gasteiger partial charge in [-0.3, -0.25) is 4.90 Å². The van der Waals surface area contributed by atoms with E-state index in [0.717, 1.165) is 6.42 Å². The van der Waals surface area contributed by atoms with Gasteiger partial charge in [0, 0.05) is 25.9 Å². The molecule has 1 saturated heterocycles. The fourth-order valence-corrected chi connectivity index (χ4v) is 2.05. The Balaban J connectivity index is 2.23. The van der Waals surface area contributed by atoms with Gasteiger partial charge < -0.3 is 5.11 Å². The highest BCUT2D eigenvalue weighted by Crippen LogP contribution is 2.23. The highest BCUT2D eigenvalue weighted by molar-refractivity contribution is 7.90. The van der Waals surface area contributed by atoms with Crippen molar-refractivity contribution in [2.45, 2.75) is 18.9 Å². The number of likely N-dealkylation sites (tertiary alicyclic amines) is 1. The van der Waals surface area contributed by atoms with E-state index in [1.165, 1.54) is 6.26 Å². The maximum Gasteiger partial charge on any atom is 0.148 e. The first-order valence-electron chi connectivity index (χ1n) is 4.47. The fraction of sp³-hybridized carbons (Fsp3) is 1.00. The molecule has 0 saturated carbocycles. The highest BCUT2D eigenvalue weighted by Gasteiger charge is 2.38. The van der Waals surface area contributed by atoms with Crippen LogP contribution in [0.2, 0.25) is 0 Å². The largest absolute Gasteiger partial charge is 0.387 e. The van der Waals surface area contributed by atoms with Crippen LogP contribution in [0.15, 0.2) is 0 Å². The van der Waals surface area contributed by atoms with Gasteiger partial charge in [-0.2, -0.15) is 0 Å². The first-order chi connectivity index (χ1) is 5.85. The van der Waals surface area contributed by atoms with Crippen LogP contribution in [-0.4, -0.2) is 55.7 Å². The summed E-state index contributed by atoms with van der Waals surface area (Å²) in [6, 6.07) is 0. The standard InChI is InChI=1S/C8H17NO3S/c1-3-8(10)6-9(7-8)4-5-13(2,11)12/h10H,3-7H2,1-2H3. The molecule has 1 aliphatic heterocycles. The molecule has 5 heteroatoms. The second-order valence-corrected chi connectivity index (χ2v) is 6.18. The summed E-state index contributed by atoms with van der Waals surface area (Å²) in [5.41, 5.74) is -0.558. The molecule has 13 heavy (non-hydrogen) atoms. The van der Waals surface area contributed by atoms with Crippen LogP contribution in [0.5, 0.6) is 0 Å². The highest BCUT2D eigenvalue weighted by atomic mass is 32.2. The molecule has 0 amide bonds. The molecular formula is C8H17NO3S. The van der Waals surface area contributed by atoms with E-state index < -0.39 is 15.4 Å². The Morgan fingerprint density at radius 1 is 1.46 bits per heavy atom. The van der Waals surface area contributed by atoms with Gasteiger partial charge in [0.25, 0.3) is 0 Å². The van der Waals surface area contributed by atoms with Crippen LogP contribution in [0, 0.1) is 0 Å². The molecular weight excluding hydrogens is 190 g/mol. The van der Waals surface area contributed by atoms with E-state index in [0.29, 0.717) is 19.6 Å². The van der Waals surface area contributed by atoms with E-state index in [4.69, 9.17) is 0 Å². The maximum absolute atomic E-state index is 10.8. The second kappa shape index (κ2) is 3.55. The Morgan fingerprint density at radius 2 is 2.00 bits per heavy atom. The van der Waals surface area contributed by atoms with Crippen LogP contribution in [-0.2, 0) is 9.84 Å². The third-order valence-corrected chi connectivity index (χ3v) is 3.40. The van der Waals surface area contributed by atoms with Crippen molar-refractivity contribution in [3.05, 3.63) is 0 Å². The van der Waals surface area contributed by atoms with E-state index >= 15 is 0 Å². The van der Waals surface area contributed by atoms with Crippen molar-refractivity contribution in [2.75, 3.05) is 31.6 Å². The van der Waals surface area contributed by atoms with Crippen LogP contribution in [0.1, 0.15) is 13.3 Å². The Hall–Kier alpha value is -0.130. The molecule has 1 heterocycles. The molecule has 78 valence electrons. The lowest BCUT2D eigenvalue weighted by atomic mass is 9.92. The summed E-state index contributed by atoms with van der Waals surface area (Å²) in [5, 5.41) is 9.63. The fourth-order valence-electron chi connectivity index (χ4n) is 1.46. The smallest absolute Gasteiger partial charge is 0.148 e. The van der Waals surface area contributed by atoms with Crippen molar-refractivity contribution < 1.29 is 13.5 Å². The SMILES string of the molecule is CCC1(O)CN(CCS(C)(=O)=O)C1. The molecule has 1 N–H and O–H groups in total. The Bertz CT molecular complexity index is 267. The van der Waals surface area contributed by atoms with Crippen molar-refractivity contribution in [3.63, 3.8) is 0 Å². The van der Waals surface area contributed by atoms with Gasteiger partial charge in [-0.05, 0) is 6.42 Å². The van der Waals surface area contributed by atoms with Crippen molar-refractivity contribution in [2.24, 2.45) is 0 Å². The average molecular weight is 207 g/mol. The molecule has 0 spiro atoms. The number of nitrogens with zero attached hydrogens (tertiary/aromatic N) is 1. The third kappa shape index (κ3) is 3.25. The molecule has 0 aromatic rings. The van der Waals surface area contributed by atoms with Crippen molar-refractivity contribution in [3.8, 4) is 0 Å². The quantitative estimate of drug-likeness (QED) is 0.674. The molecule has 0 unspecified atom stereocenters. The van der Waals surface area contributed by atoms with Gasteiger partial charge >= 0.3 is 0 Å². The zero-order valence-electron chi connectivity index (χ0n) is 8.15. The van der Waals surface area contributed by atoms with Crippen LogP contribution < -0.4 is 0 Å². The summed E-state index contributed by atoms with van der Waals surface area (Å²) < 4.78 is 21.6. The predicted molar refractivity (Wildman–Crippen MR) is 51.4 cm³/mol. The lowest BCUT2D eigenvalue weighted by molar-refractivity contribution is -0.0966. The molecule has 1 aliphatic rings. The van der Waals surface area contributed by atoms with E-state index in [9.17, 15) is 13.5 Å². The normalized spacial score (nSPS) is 22.7. The summed E-state index contributed by atoms with van der Waals surface area (Å²) in [6.45, 7) is 3.70. The van der Waals surface area contributed by atoms with E-state index in [-0.39, 0.29) is 5.75 Å². The van der Waals surface area contributed by atoms with Gasteiger partial charge in [0.1, 0.15) is 9.84 Å². The minimum atomic E-state index is -2.86. The van der Waals surface area contributed by atoms with Crippen LogP contribution in [0.4, 0.5) is 0 Å². The first kappa shape index (κ1) is 10.9. The maximum atomic E-state index is 10.8. The van der Waals surface area contributed by atoms with Crippen molar-refractivity contribution in [1.82, 2.24) is 4.90 Å². The number of aliphatic hydroxyl groups is 1. The molecule has 0 aromatic heterocycles. The van der Waals surface area contributed by atoms with Gasteiger partial charge in [-0.25, -0.2) is 8.42 Å². The molecule has 0 bridgehead atoms. The molecule has 4 nitrogen and oxygen atoms in total. The molecule has 0 aliphatic carbocycles. The topological polar surface area (TPSA) is 57.6 Å². The average Bonchev–Trinajstić information content (AvgIpc) is 1.94. The summed E-state index contributed by atoms with van der Waals surface area (Å²) >= 11 is 0. The van der Waals surface area contributed by atoms with Crippen LogP contribution >= 0.6 is 0 Å². The first-order valence-corrected chi connectivity index (χ1v) is 6.53. The molecule has 1 rings (SSSR count). The predicted octanol–water partition coefficient (Wildman–Crippen LogP) is -0.512. The minimum absolute atomic E-state index is 0.187. The van der Waals surface area contributed by atoms with Crippen LogP contribution in [0.3, 0.4) is 0 Å². The van der Waals surface area contributed by atoms with E-state index in [2.05, 4.69) is 0 Å². The summed E-state index contributed by atoms with van der Waals surface area (Å²) in [4.78, 5) is 1.96. The Labute approximate surface area is 79.5 Å². The molecule has 0 aromatic carbocycles. The van der Waals surface area contributed by atoms with Gasteiger partial charge in [-0.15, -0.1) is 0 Å². The number of hydrogen-bond donors (Lipinski definition) is 1. The summed E-state index contributed by atoms with van der Waals surface area (Å²) in [5.74, 6) is 0.187. The van der Waals surface area contributed by atoms with Gasteiger partial charge in [0.2, 0.25) is 0 Å². The van der Waals surface area contributed by atoms with Crippen molar-refractivity contribution in [1.29, 1.82) is 0 Å². The van der Waals surface area contributed by atoms with Gasteiger partial charge in [-0.1, -0.05) is 6.92 Å². The third-order valence-electron chi connectivity index (χ3n) is 2.47.